The van der Waals surface area contributed by atoms with Crippen molar-refractivity contribution in [3.63, 3.8) is 0 Å². The predicted molar refractivity (Wildman–Crippen MR) is 91.3 cm³/mol. The number of nitrogens with one attached hydrogen (secondary N) is 1. The minimum Gasteiger partial charge on any atom is -0.434 e. The number of amides is 1. The van der Waals surface area contributed by atoms with Gasteiger partial charge in [0.15, 0.2) is 0 Å². The van der Waals surface area contributed by atoms with Crippen LogP contribution in [0.15, 0.2) is 12.1 Å². The molecule has 2 heterocycles. The number of carbonyl (C=O) groups excluding carboxylic acids is 1. The number of hydrogen-bond donors (Lipinski definition) is 1. The van der Waals surface area contributed by atoms with Crippen LogP contribution in [0.3, 0.4) is 0 Å². The highest BCUT2D eigenvalue weighted by molar-refractivity contribution is 5.95. The van der Waals surface area contributed by atoms with Crippen LogP contribution in [0.25, 0.3) is 0 Å². The van der Waals surface area contributed by atoms with Gasteiger partial charge in [-0.05, 0) is 50.1 Å². The number of ether oxygens (including phenoxy) is 1. The third-order valence-corrected chi connectivity index (χ3v) is 5.07. The lowest BCUT2D eigenvalue weighted by molar-refractivity contribution is -0.0507. The maximum absolute atomic E-state index is 12.8. The van der Waals surface area contributed by atoms with Crippen LogP contribution in [-0.2, 0) is 0 Å². The second kappa shape index (κ2) is 7.66. The van der Waals surface area contributed by atoms with E-state index in [-0.39, 0.29) is 11.7 Å². The molecule has 1 amide bonds. The minimum atomic E-state index is -2.86. The molecule has 1 aromatic rings. The molecular formula is C18H25F2N3O2. The van der Waals surface area contributed by atoms with E-state index in [0.717, 1.165) is 32.6 Å². The van der Waals surface area contributed by atoms with Crippen molar-refractivity contribution in [1.82, 2.24) is 15.1 Å². The largest absolute Gasteiger partial charge is 0.434 e. The van der Waals surface area contributed by atoms with Gasteiger partial charge in [0.1, 0.15) is 5.75 Å². The van der Waals surface area contributed by atoms with E-state index in [1.807, 2.05) is 4.90 Å². The lowest BCUT2D eigenvalue weighted by Gasteiger charge is -2.37. The molecule has 2 saturated heterocycles. The lowest BCUT2D eigenvalue weighted by atomic mass is 10.0. The molecule has 0 aromatic heterocycles. The standard InChI is InChI=1S/C18H25F2N3O2/c1-12-9-14(10-13(2)16(12)25-18(19)20)17(24)23-7-5-22(6-8-23)15-3-4-21-11-15/h9-10,15,18,21H,3-8,11H2,1-2H3. The van der Waals surface area contributed by atoms with Gasteiger partial charge in [-0.15, -0.1) is 0 Å². The molecule has 2 aliphatic heterocycles. The van der Waals surface area contributed by atoms with E-state index in [1.54, 1.807) is 26.0 Å². The smallest absolute Gasteiger partial charge is 0.387 e. The lowest BCUT2D eigenvalue weighted by Crippen LogP contribution is -2.52. The highest BCUT2D eigenvalue weighted by Gasteiger charge is 2.28. The highest BCUT2D eigenvalue weighted by atomic mass is 19.3. The first kappa shape index (κ1) is 18.1. The van der Waals surface area contributed by atoms with Crippen LogP contribution in [0.1, 0.15) is 27.9 Å². The molecule has 1 unspecified atom stereocenters. The van der Waals surface area contributed by atoms with Gasteiger partial charge < -0.3 is 15.0 Å². The summed E-state index contributed by atoms with van der Waals surface area (Å²) >= 11 is 0. The van der Waals surface area contributed by atoms with Crippen LogP contribution in [0.2, 0.25) is 0 Å². The SMILES string of the molecule is Cc1cc(C(=O)N2CCN(C3CCNC3)CC2)cc(C)c1OC(F)F. The van der Waals surface area contributed by atoms with Gasteiger partial charge in [-0.25, -0.2) is 0 Å². The van der Waals surface area contributed by atoms with Crippen LogP contribution in [-0.4, -0.2) is 67.6 Å². The quantitative estimate of drug-likeness (QED) is 0.900. The fourth-order valence-electron chi connectivity index (χ4n) is 3.77. The van der Waals surface area contributed by atoms with E-state index in [1.165, 1.54) is 0 Å². The van der Waals surface area contributed by atoms with E-state index in [2.05, 4.69) is 15.0 Å². The summed E-state index contributed by atoms with van der Waals surface area (Å²) in [5.74, 6) is 0.115. The number of carbonyl (C=O) groups is 1. The summed E-state index contributed by atoms with van der Waals surface area (Å²) in [6.45, 7) is 5.75. The Hall–Kier alpha value is -1.73. The van der Waals surface area contributed by atoms with Gasteiger partial charge in [0.25, 0.3) is 5.91 Å². The first-order chi connectivity index (χ1) is 12.0. The second-order valence-corrected chi connectivity index (χ2v) is 6.79. The van der Waals surface area contributed by atoms with Gasteiger partial charge in [-0.3, -0.25) is 9.69 Å². The zero-order valence-corrected chi connectivity index (χ0v) is 14.7. The molecule has 0 saturated carbocycles. The molecule has 3 rings (SSSR count). The molecule has 0 aliphatic carbocycles. The van der Waals surface area contributed by atoms with Crippen LogP contribution in [0.5, 0.6) is 5.75 Å². The number of halogens is 2. The Balaban J connectivity index is 1.65. The minimum absolute atomic E-state index is 0.0426. The number of nitrogens with zero attached hydrogens (tertiary/aromatic N) is 2. The topological polar surface area (TPSA) is 44.8 Å². The molecule has 25 heavy (non-hydrogen) atoms. The number of benzene rings is 1. The van der Waals surface area contributed by atoms with Gasteiger partial charge in [0.05, 0.1) is 0 Å². The third kappa shape index (κ3) is 4.10. The number of piperazine rings is 1. The molecule has 0 bridgehead atoms. The summed E-state index contributed by atoms with van der Waals surface area (Å²) in [6.07, 6.45) is 1.16. The Morgan fingerprint density at radius 3 is 2.36 bits per heavy atom. The summed E-state index contributed by atoms with van der Waals surface area (Å²) in [4.78, 5) is 17.1. The zero-order valence-electron chi connectivity index (χ0n) is 14.7. The molecule has 7 heteroatoms. The Kier molecular flexibility index (Phi) is 5.54. The molecule has 1 N–H and O–H groups in total. The van der Waals surface area contributed by atoms with Crippen molar-refractivity contribution < 1.29 is 18.3 Å². The number of aryl methyl sites for hydroxylation is 2. The van der Waals surface area contributed by atoms with Gasteiger partial charge in [0, 0.05) is 44.3 Å². The van der Waals surface area contributed by atoms with Crippen LogP contribution in [0.4, 0.5) is 8.78 Å². The zero-order chi connectivity index (χ0) is 18.0. The van der Waals surface area contributed by atoms with Crippen LogP contribution in [0, 0.1) is 13.8 Å². The van der Waals surface area contributed by atoms with Crippen LogP contribution < -0.4 is 10.1 Å². The van der Waals surface area contributed by atoms with Gasteiger partial charge in [-0.2, -0.15) is 8.78 Å². The maximum atomic E-state index is 12.8. The molecule has 0 radical (unpaired) electrons. The molecule has 2 aliphatic rings. The molecule has 1 aromatic carbocycles. The first-order valence-electron chi connectivity index (χ1n) is 8.76. The number of hydrogen-bond acceptors (Lipinski definition) is 4. The van der Waals surface area contributed by atoms with E-state index in [9.17, 15) is 13.6 Å². The molecule has 138 valence electrons. The van der Waals surface area contributed by atoms with Gasteiger partial charge >= 0.3 is 6.61 Å². The van der Waals surface area contributed by atoms with Crippen LogP contribution >= 0.6 is 0 Å². The molecule has 0 spiro atoms. The van der Waals surface area contributed by atoms with Crippen molar-refractivity contribution in [1.29, 1.82) is 0 Å². The van der Waals surface area contributed by atoms with Crippen molar-refractivity contribution >= 4 is 5.91 Å². The van der Waals surface area contributed by atoms with E-state index >= 15 is 0 Å². The maximum Gasteiger partial charge on any atom is 0.387 e. The van der Waals surface area contributed by atoms with Gasteiger partial charge in [-0.1, -0.05) is 0 Å². The normalized spacial score (nSPS) is 21.8. The Morgan fingerprint density at radius 2 is 1.84 bits per heavy atom. The predicted octanol–water partition coefficient (Wildman–Crippen LogP) is 2.02. The Bertz CT molecular complexity index is 602. The number of rotatable bonds is 4. The van der Waals surface area contributed by atoms with Crippen molar-refractivity contribution in [3.8, 4) is 5.75 Å². The van der Waals surface area contributed by atoms with Crippen molar-refractivity contribution in [2.24, 2.45) is 0 Å². The third-order valence-electron chi connectivity index (χ3n) is 5.07. The summed E-state index contributed by atoms with van der Waals surface area (Å²) in [5.41, 5.74) is 1.64. The Labute approximate surface area is 146 Å². The first-order valence-corrected chi connectivity index (χ1v) is 8.76. The summed E-state index contributed by atoms with van der Waals surface area (Å²) in [5, 5.41) is 3.37. The summed E-state index contributed by atoms with van der Waals surface area (Å²) in [6, 6.07) is 3.85. The average Bonchev–Trinajstić information content (AvgIpc) is 3.12. The fourth-order valence-corrected chi connectivity index (χ4v) is 3.77. The van der Waals surface area contributed by atoms with Crippen molar-refractivity contribution in [2.75, 3.05) is 39.3 Å². The average molecular weight is 353 g/mol. The summed E-state index contributed by atoms with van der Waals surface area (Å²) < 4.78 is 29.5. The second-order valence-electron chi connectivity index (χ2n) is 6.79. The van der Waals surface area contributed by atoms with E-state index in [0.29, 0.717) is 35.8 Å². The monoisotopic (exact) mass is 353 g/mol. The van der Waals surface area contributed by atoms with Gasteiger partial charge in [0.2, 0.25) is 0 Å². The molecule has 5 nitrogen and oxygen atoms in total. The number of alkyl halides is 2. The fraction of sp³-hybridized carbons (Fsp3) is 0.611. The van der Waals surface area contributed by atoms with Crippen molar-refractivity contribution in [2.45, 2.75) is 32.9 Å². The molecule has 2 fully saturated rings. The molecular weight excluding hydrogens is 328 g/mol. The van der Waals surface area contributed by atoms with E-state index < -0.39 is 6.61 Å². The highest BCUT2D eigenvalue weighted by Crippen LogP contribution is 2.27. The van der Waals surface area contributed by atoms with Crippen molar-refractivity contribution in [3.05, 3.63) is 28.8 Å². The Morgan fingerprint density at radius 1 is 1.20 bits per heavy atom. The molecule has 1 atom stereocenters. The van der Waals surface area contributed by atoms with E-state index in [4.69, 9.17) is 0 Å². The summed E-state index contributed by atoms with van der Waals surface area (Å²) in [7, 11) is 0.